The molecule has 88 valence electrons. The molecule has 1 aromatic rings. The SMILES string of the molecule is CCN1c2ccc([N+](=O)[O-])cc2SC1C.[I-]. The third kappa shape index (κ3) is 2.27. The zero-order chi connectivity index (χ0) is 11.0. The highest BCUT2D eigenvalue weighted by molar-refractivity contribution is 8.00. The average Bonchev–Trinajstić information content (AvgIpc) is 2.51. The van der Waals surface area contributed by atoms with Crippen LogP contribution < -0.4 is 28.9 Å². The van der Waals surface area contributed by atoms with E-state index in [1.165, 1.54) is 0 Å². The molecule has 1 unspecified atom stereocenters. The zero-order valence-electron chi connectivity index (χ0n) is 9.01. The fourth-order valence-corrected chi connectivity index (χ4v) is 3.07. The second-order valence-electron chi connectivity index (χ2n) is 3.41. The number of fused-ring (bicyclic) bond motifs is 1. The van der Waals surface area contributed by atoms with Crippen molar-refractivity contribution in [3.8, 4) is 0 Å². The van der Waals surface area contributed by atoms with Crippen molar-refractivity contribution in [3.63, 3.8) is 0 Å². The topological polar surface area (TPSA) is 46.4 Å². The molecule has 2 rings (SSSR count). The van der Waals surface area contributed by atoms with Crippen LogP contribution >= 0.6 is 11.8 Å². The summed E-state index contributed by atoms with van der Waals surface area (Å²) in [6, 6.07) is 5.07. The first-order valence-electron chi connectivity index (χ1n) is 4.85. The summed E-state index contributed by atoms with van der Waals surface area (Å²) in [5.74, 6) is 0. The number of rotatable bonds is 2. The van der Waals surface area contributed by atoms with Crippen LogP contribution in [0.15, 0.2) is 23.1 Å². The molecule has 6 heteroatoms. The zero-order valence-corrected chi connectivity index (χ0v) is 12.0. The first kappa shape index (κ1) is 13.6. The van der Waals surface area contributed by atoms with Gasteiger partial charge in [-0.05, 0) is 19.9 Å². The maximum absolute atomic E-state index is 10.6. The molecule has 1 aliphatic rings. The van der Waals surface area contributed by atoms with Crippen LogP contribution in [0.5, 0.6) is 0 Å². The third-order valence-electron chi connectivity index (χ3n) is 2.54. The summed E-state index contributed by atoms with van der Waals surface area (Å²) in [6.45, 7) is 5.13. The van der Waals surface area contributed by atoms with Crippen molar-refractivity contribution in [2.45, 2.75) is 24.1 Å². The minimum absolute atomic E-state index is 0. The Morgan fingerprint density at radius 2 is 2.25 bits per heavy atom. The minimum atomic E-state index is -0.347. The number of benzene rings is 1. The molecule has 0 aromatic heterocycles. The molecular formula is C10H12IN2O2S-. The molecule has 4 nitrogen and oxygen atoms in total. The lowest BCUT2D eigenvalue weighted by atomic mass is 10.2. The van der Waals surface area contributed by atoms with E-state index in [0.717, 1.165) is 17.1 Å². The Kier molecular flexibility index (Phi) is 4.43. The van der Waals surface area contributed by atoms with Gasteiger partial charge in [-0.2, -0.15) is 0 Å². The van der Waals surface area contributed by atoms with Gasteiger partial charge in [-0.3, -0.25) is 10.1 Å². The molecule has 0 fully saturated rings. The first-order chi connectivity index (χ1) is 7.13. The quantitative estimate of drug-likeness (QED) is 0.423. The van der Waals surface area contributed by atoms with Crippen molar-refractivity contribution in [3.05, 3.63) is 28.3 Å². The molecular weight excluding hydrogens is 339 g/mol. The van der Waals surface area contributed by atoms with Crippen LogP contribution in [0.3, 0.4) is 0 Å². The summed E-state index contributed by atoms with van der Waals surface area (Å²) < 4.78 is 0. The lowest BCUT2D eigenvalue weighted by Gasteiger charge is -2.21. The minimum Gasteiger partial charge on any atom is -1.00 e. The molecule has 0 radical (unpaired) electrons. The molecule has 0 saturated carbocycles. The van der Waals surface area contributed by atoms with Crippen LogP contribution in [0.2, 0.25) is 0 Å². The summed E-state index contributed by atoms with van der Waals surface area (Å²) in [5, 5.41) is 11.0. The summed E-state index contributed by atoms with van der Waals surface area (Å²) in [5.41, 5.74) is 1.28. The highest BCUT2D eigenvalue weighted by Gasteiger charge is 2.26. The van der Waals surface area contributed by atoms with Gasteiger partial charge >= 0.3 is 0 Å². The van der Waals surface area contributed by atoms with Gasteiger partial charge in [0.1, 0.15) is 0 Å². The smallest absolute Gasteiger partial charge is 0.270 e. The number of thioether (sulfide) groups is 1. The van der Waals surface area contributed by atoms with E-state index in [1.54, 1.807) is 23.9 Å². The van der Waals surface area contributed by atoms with Crippen LogP contribution in [0.25, 0.3) is 0 Å². The molecule has 1 atom stereocenters. The molecule has 0 N–H and O–H groups in total. The van der Waals surface area contributed by atoms with Crippen LogP contribution in [0.1, 0.15) is 13.8 Å². The average molecular weight is 351 g/mol. The fraction of sp³-hybridized carbons (Fsp3) is 0.400. The second kappa shape index (κ2) is 5.22. The highest BCUT2D eigenvalue weighted by atomic mass is 127. The number of non-ortho nitro benzene ring substituents is 1. The van der Waals surface area contributed by atoms with Crippen LogP contribution in [0.4, 0.5) is 11.4 Å². The Morgan fingerprint density at radius 1 is 1.56 bits per heavy atom. The highest BCUT2D eigenvalue weighted by Crippen LogP contribution is 2.44. The summed E-state index contributed by atoms with van der Waals surface area (Å²) in [7, 11) is 0. The summed E-state index contributed by atoms with van der Waals surface area (Å²) in [4.78, 5) is 13.5. The van der Waals surface area contributed by atoms with Gasteiger partial charge in [0.25, 0.3) is 5.69 Å². The Labute approximate surface area is 116 Å². The second-order valence-corrected chi connectivity index (χ2v) is 4.77. The number of nitrogens with zero attached hydrogens (tertiary/aromatic N) is 2. The lowest BCUT2D eigenvalue weighted by molar-refractivity contribution is -0.385. The molecule has 1 aliphatic heterocycles. The fourth-order valence-electron chi connectivity index (χ4n) is 1.82. The van der Waals surface area contributed by atoms with Crippen molar-refractivity contribution in [2.75, 3.05) is 11.4 Å². The van der Waals surface area contributed by atoms with E-state index in [2.05, 4.69) is 18.7 Å². The molecule has 0 amide bonds. The standard InChI is InChI=1S/C10H12N2O2S.HI/c1-3-11-7(2)15-10-6-8(12(13)14)4-5-9(10)11;/h4-7H,3H2,1-2H3;1H/p-1. The maximum atomic E-state index is 10.6. The normalized spacial score (nSPS) is 17.9. The molecule has 0 aliphatic carbocycles. The van der Waals surface area contributed by atoms with Gasteiger partial charge < -0.3 is 28.9 Å². The predicted molar refractivity (Wildman–Crippen MR) is 61.4 cm³/mol. The van der Waals surface area contributed by atoms with Gasteiger partial charge in [0.15, 0.2) is 0 Å². The van der Waals surface area contributed by atoms with Crippen LogP contribution in [-0.2, 0) is 0 Å². The van der Waals surface area contributed by atoms with E-state index in [4.69, 9.17) is 0 Å². The van der Waals surface area contributed by atoms with E-state index in [1.807, 2.05) is 6.07 Å². The van der Waals surface area contributed by atoms with Crippen molar-refractivity contribution in [2.24, 2.45) is 0 Å². The molecule has 0 bridgehead atoms. The lowest BCUT2D eigenvalue weighted by Crippen LogP contribution is -3.00. The number of nitro benzene ring substituents is 1. The first-order valence-corrected chi connectivity index (χ1v) is 5.73. The van der Waals surface area contributed by atoms with Gasteiger partial charge in [0.05, 0.1) is 16.0 Å². The van der Waals surface area contributed by atoms with E-state index in [0.29, 0.717) is 5.37 Å². The molecule has 0 spiro atoms. The summed E-state index contributed by atoms with van der Waals surface area (Å²) in [6.07, 6.45) is 0. The van der Waals surface area contributed by atoms with Crippen LogP contribution in [0, 0.1) is 10.1 Å². The van der Waals surface area contributed by atoms with Crippen molar-refractivity contribution in [1.29, 1.82) is 0 Å². The Balaban J connectivity index is 0.00000128. The maximum Gasteiger partial charge on any atom is 0.270 e. The van der Waals surface area contributed by atoms with Gasteiger partial charge in [0, 0.05) is 23.6 Å². The molecule has 16 heavy (non-hydrogen) atoms. The van der Waals surface area contributed by atoms with E-state index < -0.39 is 0 Å². The van der Waals surface area contributed by atoms with Crippen LogP contribution in [-0.4, -0.2) is 16.8 Å². The number of halogens is 1. The van der Waals surface area contributed by atoms with Gasteiger partial charge in [0.2, 0.25) is 0 Å². The Bertz CT molecular complexity index is 414. The van der Waals surface area contributed by atoms with Gasteiger partial charge in [-0.15, -0.1) is 0 Å². The molecule has 0 saturated heterocycles. The Morgan fingerprint density at radius 3 is 2.81 bits per heavy atom. The number of anilines is 1. The van der Waals surface area contributed by atoms with Gasteiger partial charge in [-0.25, -0.2) is 0 Å². The van der Waals surface area contributed by atoms with Gasteiger partial charge in [-0.1, -0.05) is 11.8 Å². The third-order valence-corrected chi connectivity index (χ3v) is 3.72. The monoisotopic (exact) mass is 351 g/mol. The van der Waals surface area contributed by atoms with E-state index in [-0.39, 0.29) is 34.6 Å². The number of hydrogen-bond donors (Lipinski definition) is 0. The van der Waals surface area contributed by atoms with E-state index in [9.17, 15) is 10.1 Å². The largest absolute Gasteiger partial charge is 1.00 e. The summed E-state index contributed by atoms with van der Waals surface area (Å²) >= 11 is 1.68. The van der Waals surface area contributed by atoms with Crippen molar-refractivity contribution >= 4 is 23.1 Å². The van der Waals surface area contributed by atoms with Crippen molar-refractivity contribution in [1.82, 2.24) is 0 Å². The Hall–Kier alpha value is -0.500. The van der Waals surface area contributed by atoms with E-state index >= 15 is 0 Å². The molecule has 1 aromatic carbocycles. The number of hydrogen-bond acceptors (Lipinski definition) is 4. The molecule has 1 heterocycles. The predicted octanol–water partition coefficient (Wildman–Crippen LogP) is -0.123. The number of nitro groups is 1. The van der Waals surface area contributed by atoms with Crippen molar-refractivity contribution < 1.29 is 28.9 Å².